The van der Waals surface area contributed by atoms with E-state index >= 15 is 0 Å². The minimum Gasteiger partial charge on any atom is -0.481 e. The minimum atomic E-state index is -1.59. The molecule has 23 heavy (non-hydrogen) atoms. The van der Waals surface area contributed by atoms with Crippen molar-refractivity contribution >= 4 is 40.9 Å². The van der Waals surface area contributed by atoms with Crippen LogP contribution in [0.4, 0.5) is 0 Å². The second-order valence-corrected chi connectivity index (χ2v) is 7.07. The Labute approximate surface area is 135 Å². The van der Waals surface area contributed by atoms with Crippen molar-refractivity contribution in [3.05, 3.63) is 0 Å². The summed E-state index contributed by atoms with van der Waals surface area (Å²) < 4.78 is 0. The second kappa shape index (κ2) is 5.60. The van der Waals surface area contributed by atoms with Crippen LogP contribution in [-0.2, 0) is 14.4 Å². The third-order valence-electron chi connectivity index (χ3n) is 4.59. The molecule has 2 fully saturated rings. The van der Waals surface area contributed by atoms with Gasteiger partial charge in [0.2, 0.25) is 5.91 Å². The zero-order valence-electron chi connectivity index (χ0n) is 12.0. The molecule has 0 unspecified atom stereocenters. The lowest BCUT2D eigenvalue weighted by Crippen LogP contribution is -2.57. The van der Waals surface area contributed by atoms with Crippen LogP contribution in [0, 0.1) is 17.8 Å². The Bertz CT molecular complexity index is 636. The quantitative estimate of drug-likeness (QED) is 0.489. The Hall–Kier alpha value is -1.94. The summed E-state index contributed by atoms with van der Waals surface area (Å²) in [5.74, 6) is -4.60. The van der Waals surface area contributed by atoms with Gasteiger partial charge in [-0.05, 0) is 12.3 Å². The summed E-state index contributed by atoms with van der Waals surface area (Å²) in [6.07, 6.45) is 1.74. The number of rotatable bonds is 5. The van der Waals surface area contributed by atoms with E-state index in [4.69, 9.17) is 5.73 Å². The average Bonchev–Trinajstić information content (AvgIpc) is 2.91. The van der Waals surface area contributed by atoms with Crippen LogP contribution in [-0.4, -0.2) is 63.3 Å². The van der Waals surface area contributed by atoms with Crippen molar-refractivity contribution in [2.75, 3.05) is 13.2 Å². The van der Waals surface area contributed by atoms with Crippen molar-refractivity contribution < 1.29 is 24.6 Å². The van der Waals surface area contributed by atoms with Gasteiger partial charge in [0, 0.05) is 11.2 Å². The number of aliphatic carboxylic acids is 2. The number of thioether (sulfide) groups is 1. The van der Waals surface area contributed by atoms with Crippen LogP contribution in [0.2, 0.25) is 0 Å². The molecule has 3 rings (SSSR count). The molecule has 1 aliphatic heterocycles. The zero-order valence-corrected chi connectivity index (χ0v) is 12.8. The van der Waals surface area contributed by atoms with Crippen molar-refractivity contribution in [1.29, 1.82) is 0 Å². The van der Waals surface area contributed by atoms with E-state index < -0.39 is 35.2 Å². The van der Waals surface area contributed by atoms with Gasteiger partial charge in [-0.2, -0.15) is 0 Å². The molecule has 5 N–H and O–H groups in total. The molecule has 0 aromatic carbocycles. The van der Waals surface area contributed by atoms with E-state index in [9.17, 15) is 24.6 Å². The molecule has 0 aromatic rings. The molecule has 0 saturated heterocycles. The molecule has 0 aromatic heterocycles. The fourth-order valence-corrected chi connectivity index (χ4v) is 5.09. The topological polar surface area (TPSA) is 154 Å². The van der Waals surface area contributed by atoms with Gasteiger partial charge in [-0.3, -0.25) is 19.6 Å². The van der Waals surface area contributed by atoms with Crippen LogP contribution in [0.1, 0.15) is 6.42 Å². The molecular formula is C13H16N4O5S. The number of hydrogen-bond acceptors (Lipinski definition) is 7. The molecule has 124 valence electrons. The predicted octanol–water partition coefficient (Wildman–Crippen LogP) is -1.22. The lowest BCUT2D eigenvalue weighted by atomic mass is 9.90. The zero-order chi connectivity index (χ0) is 16.8. The number of aliphatic imine (C=N–C) groups is 2. The molecule has 5 atom stereocenters. The highest BCUT2D eigenvalue weighted by molar-refractivity contribution is 8.16. The molecule has 1 heterocycles. The summed E-state index contributed by atoms with van der Waals surface area (Å²) in [4.78, 5) is 43.1. The van der Waals surface area contributed by atoms with Crippen LogP contribution in [0.5, 0.6) is 0 Å². The van der Waals surface area contributed by atoms with E-state index in [0.717, 1.165) is 0 Å². The summed E-state index contributed by atoms with van der Waals surface area (Å²) in [7, 11) is 0. The minimum absolute atomic E-state index is 0.144. The van der Waals surface area contributed by atoms with Gasteiger partial charge in [-0.15, -0.1) is 11.8 Å². The first-order chi connectivity index (χ1) is 10.9. The number of fused-ring (bicyclic) bond motifs is 1. The molecular weight excluding hydrogens is 324 g/mol. The van der Waals surface area contributed by atoms with Gasteiger partial charge in [0.15, 0.2) is 0 Å². The van der Waals surface area contributed by atoms with Gasteiger partial charge in [0.1, 0.15) is 17.3 Å². The number of amides is 1. The van der Waals surface area contributed by atoms with Gasteiger partial charge in [-0.1, -0.05) is 0 Å². The first kappa shape index (κ1) is 15.9. The smallest absolute Gasteiger partial charge is 0.329 e. The summed E-state index contributed by atoms with van der Waals surface area (Å²) in [6, 6.07) is 0. The van der Waals surface area contributed by atoms with Crippen molar-refractivity contribution in [2.45, 2.75) is 17.2 Å². The number of carboxylic acids is 2. The SMILES string of the molecule is NCC(=O)N[C@@]1(C(=O)O)C[C@@H](SC2=NCN=C2)[C@H]2[C@H](C(=O)O)[C@H]21. The number of nitrogens with one attached hydrogen (secondary N) is 1. The van der Waals surface area contributed by atoms with Gasteiger partial charge in [0.05, 0.1) is 18.7 Å². The maximum Gasteiger partial charge on any atom is 0.329 e. The number of nitrogens with two attached hydrogens (primary N) is 1. The fraction of sp³-hybridized carbons (Fsp3) is 0.615. The first-order valence-electron chi connectivity index (χ1n) is 7.09. The summed E-state index contributed by atoms with van der Waals surface area (Å²) in [5.41, 5.74) is 3.68. The molecule has 9 nitrogen and oxygen atoms in total. The number of carbonyl (C=O) groups excluding carboxylic acids is 1. The Morgan fingerprint density at radius 1 is 1.43 bits per heavy atom. The van der Waals surface area contributed by atoms with Crippen molar-refractivity contribution in [1.82, 2.24) is 5.32 Å². The monoisotopic (exact) mass is 340 g/mol. The van der Waals surface area contributed by atoms with Crippen molar-refractivity contribution in [2.24, 2.45) is 33.5 Å². The van der Waals surface area contributed by atoms with Gasteiger partial charge >= 0.3 is 11.9 Å². The first-order valence-corrected chi connectivity index (χ1v) is 7.97. The summed E-state index contributed by atoms with van der Waals surface area (Å²) in [5, 5.41) is 21.9. The average molecular weight is 340 g/mol. The van der Waals surface area contributed by atoms with E-state index in [-0.39, 0.29) is 24.1 Å². The highest BCUT2D eigenvalue weighted by Gasteiger charge is 2.75. The molecule has 0 radical (unpaired) electrons. The maximum absolute atomic E-state index is 11.8. The lowest BCUT2D eigenvalue weighted by Gasteiger charge is -2.29. The standard InChI is InChI=1S/C13H16N4O5S/c14-2-6(18)17-13(12(21)22)1-5(23-7-3-15-4-16-7)8-9(10(8)13)11(19)20/h3,5,8-10H,1-2,4,14H2,(H,17,18)(H,19,20)(H,21,22)/t5-,8+,9+,10+,13+/m1/s1. The highest BCUT2D eigenvalue weighted by Crippen LogP contribution is 2.65. The molecule has 1 amide bonds. The third kappa shape index (κ3) is 2.51. The van der Waals surface area contributed by atoms with E-state index in [1.807, 2.05) is 0 Å². The Morgan fingerprint density at radius 2 is 2.17 bits per heavy atom. The fourth-order valence-electron chi connectivity index (χ4n) is 3.67. The number of carbonyl (C=O) groups is 3. The van der Waals surface area contributed by atoms with Crippen LogP contribution in [0.3, 0.4) is 0 Å². The van der Waals surface area contributed by atoms with Crippen LogP contribution >= 0.6 is 11.8 Å². The van der Waals surface area contributed by atoms with Crippen molar-refractivity contribution in [3.8, 4) is 0 Å². The van der Waals surface area contributed by atoms with Gasteiger partial charge < -0.3 is 21.3 Å². The molecule has 3 aliphatic rings. The Morgan fingerprint density at radius 3 is 2.70 bits per heavy atom. The molecule has 10 heteroatoms. The molecule has 0 spiro atoms. The number of nitrogens with zero attached hydrogens (tertiary/aromatic N) is 2. The Kier molecular flexibility index (Phi) is 3.88. The van der Waals surface area contributed by atoms with Crippen molar-refractivity contribution in [3.63, 3.8) is 0 Å². The van der Waals surface area contributed by atoms with E-state index in [1.54, 1.807) is 6.21 Å². The normalized spacial score (nSPS) is 37.2. The van der Waals surface area contributed by atoms with Gasteiger partial charge in [-0.25, -0.2) is 4.79 Å². The number of hydrogen-bond donors (Lipinski definition) is 4. The molecule has 2 aliphatic carbocycles. The lowest BCUT2D eigenvalue weighted by molar-refractivity contribution is -0.149. The predicted molar refractivity (Wildman–Crippen MR) is 82.5 cm³/mol. The molecule has 0 bridgehead atoms. The summed E-state index contributed by atoms with van der Waals surface area (Å²) >= 11 is 1.33. The van der Waals surface area contributed by atoms with Crippen LogP contribution < -0.4 is 11.1 Å². The third-order valence-corrected chi connectivity index (χ3v) is 5.85. The maximum atomic E-state index is 11.8. The second-order valence-electron chi connectivity index (χ2n) is 5.81. The van der Waals surface area contributed by atoms with E-state index in [2.05, 4.69) is 15.3 Å². The van der Waals surface area contributed by atoms with Crippen LogP contribution in [0.25, 0.3) is 0 Å². The largest absolute Gasteiger partial charge is 0.481 e. The highest BCUT2D eigenvalue weighted by atomic mass is 32.2. The Balaban J connectivity index is 1.88. The van der Waals surface area contributed by atoms with E-state index in [0.29, 0.717) is 11.7 Å². The van der Waals surface area contributed by atoms with E-state index in [1.165, 1.54) is 11.8 Å². The molecule has 2 saturated carbocycles. The number of carboxylic acid groups (broad SMARTS) is 2. The summed E-state index contributed by atoms with van der Waals surface area (Å²) in [6.45, 7) is -0.0131. The van der Waals surface area contributed by atoms with Crippen LogP contribution in [0.15, 0.2) is 9.98 Å². The van der Waals surface area contributed by atoms with Gasteiger partial charge in [0.25, 0.3) is 0 Å².